The van der Waals surface area contributed by atoms with E-state index in [1.54, 1.807) is 0 Å². The molecule has 0 bridgehead atoms. The van der Waals surface area contributed by atoms with Gasteiger partial charge in [-0.1, -0.05) is 141 Å². The van der Waals surface area contributed by atoms with E-state index in [4.69, 9.17) is 18.9 Å². The number of carbonyl (C=O) groups is 2. The summed E-state index contributed by atoms with van der Waals surface area (Å²) in [5.41, 5.74) is 0. The molecule has 3 aliphatic rings. The quantitative estimate of drug-likeness (QED) is 0.0474. The second-order valence-corrected chi connectivity index (χ2v) is 18.4. The maximum Gasteiger partial charge on any atom is 0.279 e. The molecule has 2 saturated heterocycles. The maximum absolute atomic E-state index is 14.5. The van der Waals surface area contributed by atoms with Gasteiger partial charge >= 0.3 is 0 Å². The molecule has 1 aliphatic carbocycles. The number of hydrogen-bond donors (Lipinski definition) is 2. The second kappa shape index (κ2) is 37.5. The molecule has 0 aromatic rings. The van der Waals surface area contributed by atoms with Crippen LogP contribution in [0, 0.1) is 0 Å². The predicted molar refractivity (Wildman–Crippen MR) is 244 cm³/mol. The van der Waals surface area contributed by atoms with Gasteiger partial charge < -0.3 is 29.6 Å². The normalized spacial score (nSPS) is 21.2. The van der Waals surface area contributed by atoms with Crippen LogP contribution < -0.4 is 10.6 Å². The van der Waals surface area contributed by atoms with Crippen molar-refractivity contribution in [2.24, 2.45) is 0 Å². The van der Waals surface area contributed by atoms with Crippen LogP contribution in [0.25, 0.3) is 0 Å². The molecule has 0 radical (unpaired) electrons. The van der Waals surface area contributed by atoms with E-state index < -0.39 is 23.5 Å². The van der Waals surface area contributed by atoms with Crippen LogP contribution in [0.1, 0.15) is 238 Å². The van der Waals surface area contributed by atoms with Crippen molar-refractivity contribution in [2.45, 2.75) is 262 Å². The molecule has 2 N–H and O–H groups in total. The van der Waals surface area contributed by atoms with Gasteiger partial charge in [-0.05, 0) is 108 Å². The lowest BCUT2D eigenvalue weighted by Gasteiger charge is -2.22. The van der Waals surface area contributed by atoms with Crippen molar-refractivity contribution in [1.82, 2.24) is 10.6 Å². The van der Waals surface area contributed by atoms with Crippen LogP contribution in [-0.2, 0) is 28.5 Å². The van der Waals surface area contributed by atoms with E-state index in [1.165, 1.54) is 153 Å². The Morgan fingerprint density at radius 1 is 0.443 bits per heavy atom. The van der Waals surface area contributed by atoms with Gasteiger partial charge in [0.25, 0.3) is 11.8 Å². The lowest BCUT2D eigenvalue weighted by Crippen LogP contribution is -2.37. The first-order valence-electron chi connectivity index (χ1n) is 25.8. The predicted octanol–water partition coefficient (Wildman–Crippen LogP) is 13.9. The molecule has 3 rings (SSSR count). The average molecular weight is 865 g/mol. The summed E-state index contributed by atoms with van der Waals surface area (Å²) in [6, 6.07) is -0.447. The van der Waals surface area contributed by atoms with Gasteiger partial charge in [0.15, 0.2) is 24.2 Å². The third kappa shape index (κ3) is 29.2. The number of allylic oxidation sites excluding steroid dienone is 2. The largest absolute Gasteiger partial charge is 0.353 e. The highest BCUT2D eigenvalue weighted by Gasteiger charge is 2.28. The first-order valence-corrected chi connectivity index (χ1v) is 25.8. The molecule has 0 aromatic heterocycles. The Morgan fingerprint density at radius 2 is 0.754 bits per heavy atom. The molecular formula is C51H90F2N2O6. The molecule has 0 spiro atoms. The lowest BCUT2D eigenvalue weighted by molar-refractivity contribution is -0.163. The summed E-state index contributed by atoms with van der Waals surface area (Å²) in [7, 11) is 0. The average Bonchev–Trinajstić information content (AvgIpc) is 3.72. The van der Waals surface area contributed by atoms with Crippen molar-refractivity contribution in [2.75, 3.05) is 26.4 Å². The number of rotatable bonds is 38. The van der Waals surface area contributed by atoms with E-state index >= 15 is 0 Å². The molecule has 354 valence electrons. The molecule has 2 unspecified atom stereocenters. The van der Waals surface area contributed by atoms with E-state index in [0.717, 1.165) is 90.6 Å². The van der Waals surface area contributed by atoms with E-state index in [1.807, 2.05) is 0 Å². The summed E-state index contributed by atoms with van der Waals surface area (Å²) < 4.78 is 51.8. The Morgan fingerprint density at radius 3 is 1.07 bits per heavy atom. The topological polar surface area (TPSA) is 95.1 Å². The van der Waals surface area contributed by atoms with Crippen LogP contribution in [0.5, 0.6) is 0 Å². The van der Waals surface area contributed by atoms with E-state index in [0.29, 0.717) is 32.1 Å². The third-order valence-electron chi connectivity index (χ3n) is 12.8. The molecule has 8 nitrogen and oxygen atoms in total. The first kappa shape index (κ1) is 53.5. The highest BCUT2D eigenvalue weighted by Crippen LogP contribution is 2.22. The summed E-state index contributed by atoms with van der Waals surface area (Å²) in [4.78, 5) is 24.8. The molecule has 2 heterocycles. The fraction of sp³-hybridized carbons (Fsp3) is 0.882. The molecule has 2 amide bonds. The number of nitrogens with one attached hydrogen (secondary N) is 2. The SMILES string of the molecule is O=C(N[C@@H]1CC[C@H](NC(=O)/C(F)=C/CCCCCCCCCCCCCCCOC2CCCCO2)C1)/C(F)=C/CCCCCCCCCCCCCCCOC1CCCCO1. The molecular weight excluding hydrogens is 775 g/mol. The van der Waals surface area contributed by atoms with Crippen LogP contribution in [-0.4, -0.2) is 62.9 Å². The Kier molecular flexibility index (Phi) is 32.9. The number of hydrogen-bond acceptors (Lipinski definition) is 6. The summed E-state index contributed by atoms with van der Waals surface area (Å²) >= 11 is 0. The van der Waals surface area contributed by atoms with Crippen LogP contribution in [0.3, 0.4) is 0 Å². The molecule has 10 heteroatoms. The lowest BCUT2D eigenvalue weighted by atomic mass is 10.0. The van der Waals surface area contributed by atoms with Crippen molar-refractivity contribution >= 4 is 11.8 Å². The highest BCUT2D eigenvalue weighted by molar-refractivity contribution is 5.92. The number of ether oxygens (including phenoxy) is 4. The molecule has 4 atom stereocenters. The maximum atomic E-state index is 14.5. The van der Waals surface area contributed by atoms with Crippen molar-refractivity contribution in [3.05, 3.63) is 23.8 Å². The van der Waals surface area contributed by atoms with Crippen molar-refractivity contribution in [3.63, 3.8) is 0 Å². The van der Waals surface area contributed by atoms with Crippen LogP contribution >= 0.6 is 0 Å². The van der Waals surface area contributed by atoms with Crippen LogP contribution in [0.15, 0.2) is 23.8 Å². The van der Waals surface area contributed by atoms with Gasteiger partial charge in [-0.3, -0.25) is 9.59 Å². The zero-order valence-corrected chi connectivity index (χ0v) is 38.7. The Labute approximate surface area is 371 Å². The minimum atomic E-state index is -0.733. The number of carbonyl (C=O) groups excluding carboxylic acids is 2. The van der Waals surface area contributed by atoms with Gasteiger partial charge in [-0.25, -0.2) is 8.78 Å². The Hall–Kier alpha value is -1.88. The molecule has 0 aromatic carbocycles. The first-order chi connectivity index (χ1) is 30.0. The van der Waals surface area contributed by atoms with E-state index in [9.17, 15) is 18.4 Å². The van der Waals surface area contributed by atoms with E-state index in [2.05, 4.69) is 10.6 Å². The molecule has 2 aliphatic heterocycles. The summed E-state index contributed by atoms with van der Waals surface area (Å²) in [6.45, 7) is 3.36. The highest BCUT2D eigenvalue weighted by atomic mass is 19.1. The van der Waals surface area contributed by atoms with Gasteiger partial charge in [0.1, 0.15) is 0 Å². The van der Waals surface area contributed by atoms with Crippen molar-refractivity contribution in [1.29, 1.82) is 0 Å². The minimum absolute atomic E-state index is 0.0433. The fourth-order valence-corrected chi connectivity index (χ4v) is 8.89. The van der Waals surface area contributed by atoms with E-state index in [-0.39, 0.29) is 24.7 Å². The monoisotopic (exact) mass is 865 g/mol. The number of halogens is 2. The Balaban J connectivity index is 1.03. The number of amides is 2. The zero-order chi connectivity index (χ0) is 43.3. The fourth-order valence-electron chi connectivity index (χ4n) is 8.89. The third-order valence-corrected chi connectivity index (χ3v) is 12.8. The van der Waals surface area contributed by atoms with Gasteiger partial charge in [0.05, 0.1) is 0 Å². The van der Waals surface area contributed by atoms with Crippen LogP contribution in [0.4, 0.5) is 8.78 Å². The van der Waals surface area contributed by atoms with Gasteiger partial charge in [0, 0.05) is 38.5 Å². The molecule has 3 fully saturated rings. The summed E-state index contributed by atoms with van der Waals surface area (Å²) in [5, 5.41) is 5.53. The number of unbranched alkanes of at least 4 members (excludes halogenated alkanes) is 26. The zero-order valence-electron chi connectivity index (χ0n) is 38.7. The smallest absolute Gasteiger partial charge is 0.279 e. The summed E-state index contributed by atoms with van der Waals surface area (Å²) in [5.74, 6) is -2.84. The Bertz CT molecular complexity index is 1060. The van der Waals surface area contributed by atoms with Crippen molar-refractivity contribution < 1.29 is 37.3 Å². The van der Waals surface area contributed by atoms with Gasteiger partial charge in [0.2, 0.25) is 0 Å². The second-order valence-electron chi connectivity index (χ2n) is 18.4. The molecule has 61 heavy (non-hydrogen) atoms. The van der Waals surface area contributed by atoms with Gasteiger partial charge in [-0.15, -0.1) is 0 Å². The van der Waals surface area contributed by atoms with Gasteiger partial charge in [-0.2, -0.15) is 0 Å². The van der Waals surface area contributed by atoms with Crippen molar-refractivity contribution in [3.8, 4) is 0 Å². The molecule has 1 saturated carbocycles. The summed E-state index contributed by atoms with van der Waals surface area (Å²) in [6.07, 6.45) is 44.2. The van der Waals surface area contributed by atoms with Crippen LogP contribution in [0.2, 0.25) is 0 Å². The minimum Gasteiger partial charge on any atom is -0.353 e. The standard InChI is InChI=1S/C51H90F2N2O6/c52-46(33-25-21-17-13-9-5-1-3-7-11-15-19-23-29-39-58-48-35-27-31-41-60-48)50(56)54-44-37-38-45(43-44)55-51(57)47(53)34-26-22-18-14-10-6-2-4-8-12-16-20-24-30-40-59-49-36-28-32-42-61-49/h33-34,44-45,48-49H,1-32,35-43H2,(H,54,56)(H,55,57)/b46-33-,47-34-/t44-,45+,48?,49?.